The van der Waals surface area contributed by atoms with Gasteiger partial charge in [-0.25, -0.2) is 0 Å². The normalized spacial score (nSPS) is 14.2. The van der Waals surface area contributed by atoms with E-state index in [4.69, 9.17) is 0 Å². The summed E-state index contributed by atoms with van der Waals surface area (Å²) in [6.07, 6.45) is 5.03. The Balaban J connectivity index is 2.23. The number of rotatable bonds is 9. The van der Waals surface area contributed by atoms with Crippen molar-refractivity contribution in [3.05, 3.63) is 48.5 Å². The molecule has 0 N–H and O–H groups in total. The molecule has 2 unspecified atom stereocenters. The SMILES string of the molecule is CC(C)(C)CC(C)(C)CPc1ccccc1-c1ccccc1PCC(C)(C)CC(C)(C)C. The molecule has 178 valence electrons. The monoisotopic (exact) mass is 470 g/mol. The summed E-state index contributed by atoms with van der Waals surface area (Å²) in [5.74, 6) is 0. The van der Waals surface area contributed by atoms with Crippen LogP contribution in [0.15, 0.2) is 48.5 Å². The Labute approximate surface area is 203 Å². The quantitative estimate of drug-likeness (QED) is 0.321. The van der Waals surface area contributed by atoms with E-state index in [2.05, 4.69) is 118 Å². The molecule has 0 amide bonds. The third kappa shape index (κ3) is 9.65. The van der Waals surface area contributed by atoms with Crippen molar-refractivity contribution in [1.29, 1.82) is 0 Å². The van der Waals surface area contributed by atoms with Crippen LogP contribution in [0.2, 0.25) is 0 Å². The Kier molecular flexibility index (Phi) is 9.21. The third-order valence-corrected chi connectivity index (χ3v) is 9.58. The first kappa shape index (κ1) is 27.5. The Morgan fingerprint density at radius 3 is 1.12 bits per heavy atom. The minimum atomic E-state index is 0.363. The highest BCUT2D eigenvalue weighted by Gasteiger charge is 2.27. The van der Waals surface area contributed by atoms with Gasteiger partial charge in [0.05, 0.1) is 0 Å². The molecule has 0 aliphatic carbocycles. The van der Waals surface area contributed by atoms with Gasteiger partial charge in [0, 0.05) is 0 Å². The standard InChI is InChI=1S/C30H48P2/c1-27(2,3)19-29(7,8)21-31-25-17-13-11-15-23(25)24-16-12-14-18-26(24)32-22-30(9,10)20-28(4,5)6/h11-18,31-32H,19-22H2,1-10H3. The average molecular weight is 471 g/mol. The van der Waals surface area contributed by atoms with Crippen molar-refractivity contribution in [2.24, 2.45) is 21.7 Å². The fourth-order valence-electron chi connectivity index (χ4n) is 5.41. The van der Waals surface area contributed by atoms with Gasteiger partial charge >= 0.3 is 0 Å². The lowest BCUT2D eigenvalue weighted by atomic mass is 9.77. The van der Waals surface area contributed by atoms with Gasteiger partial charge in [0.1, 0.15) is 0 Å². The van der Waals surface area contributed by atoms with E-state index in [1.54, 1.807) is 0 Å². The van der Waals surface area contributed by atoms with Gasteiger partial charge in [-0.15, -0.1) is 0 Å². The Hall–Kier alpha value is -0.700. The van der Waals surface area contributed by atoms with Crippen molar-refractivity contribution in [1.82, 2.24) is 0 Å². The van der Waals surface area contributed by atoms with Crippen molar-refractivity contribution in [3.8, 4) is 11.1 Å². The van der Waals surface area contributed by atoms with Crippen molar-refractivity contribution >= 4 is 27.8 Å². The zero-order valence-corrected chi connectivity index (χ0v) is 24.4. The summed E-state index contributed by atoms with van der Waals surface area (Å²) in [7, 11) is 1.70. The number of hydrogen-bond acceptors (Lipinski definition) is 0. The van der Waals surface area contributed by atoms with Gasteiger partial charge in [0.2, 0.25) is 0 Å². The van der Waals surface area contributed by atoms with E-state index in [1.807, 2.05) is 0 Å². The molecule has 0 bridgehead atoms. The fourth-order valence-corrected chi connectivity index (χ4v) is 8.24. The second-order valence-corrected chi connectivity index (χ2v) is 16.1. The molecule has 0 aliphatic rings. The lowest BCUT2D eigenvalue weighted by Crippen LogP contribution is -2.24. The molecule has 2 aromatic rings. The molecule has 2 heteroatoms. The van der Waals surface area contributed by atoms with E-state index < -0.39 is 0 Å². The van der Waals surface area contributed by atoms with Gasteiger partial charge in [-0.05, 0) is 68.6 Å². The molecular formula is C30H48P2. The maximum Gasteiger partial charge on any atom is -0.0103 e. The first-order valence-corrected chi connectivity index (χ1v) is 14.6. The Bertz CT molecular complexity index is 789. The molecule has 2 aromatic carbocycles. The molecule has 0 nitrogen and oxygen atoms in total. The summed E-state index contributed by atoms with van der Waals surface area (Å²) < 4.78 is 0. The van der Waals surface area contributed by atoms with E-state index >= 15 is 0 Å². The van der Waals surface area contributed by atoms with Crippen LogP contribution >= 0.6 is 17.2 Å². The lowest BCUT2D eigenvalue weighted by molar-refractivity contribution is 0.237. The molecule has 0 aromatic heterocycles. The van der Waals surface area contributed by atoms with Crippen LogP contribution in [0.3, 0.4) is 0 Å². The highest BCUT2D eigenvalue weighted by atomic mass is 31.1. The van der Waals surface area contributed by atoms with Crippen LogP contribution in [-0.4, -0.2) is 12.3 Å². The number of hydrogen-bond donors (Lipinski definition) is 0. The highest BCUT2D eigenvalue weighted by Crippen LogP contribution is 2.40. The maximum absolute atomic E-state index is 2.44. The Morgan fingerprint density at radius 2 is 0.812 bits per heavy atom. The second kappa shape index (κ2) is 10.7. The van der Waals surface area contributed by atoms with E-state index in [-0.39, 0.29) is 0 Å². The van der Waals surface area contributed by atoms with Gasteiger partial charge in [0.25, 0.3) is 0 Å². The lowest BCUT2D eigenvalue weighted by Gasteiger charge is -2.33. The molecule has 0 saturated heterocycles. The summed E-state index contributed by atoms with van der Waals surface area (Å²) in [5.41, 5.74) is 4.38. The molecule has 2 atom stereocenters. The molecule has 0 spiro atoms. The summed E-state index contributed by atoms with van der Waals surface area (Å²) >= 11 is 0. The molecular weight excluding hydrogens is 422 g/mol. The van der Waals surface area contributed by atoms with Gasteiger partial charge in [-0.1, -0.05) is 135 Å². The van der Waals surface area contributed by atoms with E-state index in [9.17, 15) is 0 Å². The number of benzene rings is 2. The van der Waals surface area contributed by atoms with Crippen molar-refractivity contribution in [3.63, 3.8) is 0 Å². The van der Waals surface area contributed by atoms with Gasteiger partial charge in [-0.3, -0.25) is 0 Å². The van der Waals surface area contributed by atoms with Crippen LogP contribution in [-0.2, 0) is 0 Å². The van der Waals surface area contributed by atoms with Crippen LogP contribution in [0.4, 0.5) is 0 Å². The summed E-state index contributed by atoms with van der Waals surface area (Å²) in [4.78, 5) is 0. The average Bonchev–Trinajstić information content (AvgIpc) is 2.62. The van der Waals surface area contributed by atoms with E-state index in [1.165, 1.54) is 46.9 Å². The van der Waals surface area contributed by atoms with Crippen molar-refractivity contribution in [2.75, 3.05) is 12.3 Å². The second-order valence-electron chi connectivity index (χ2n) is 13.6. The predicted molar refractivity (Wildman–Crippen MR) is 153 cm³/mol. The van der Waals surface area contributed by atoms with Crippen LogP contribution in [0, 0.1) is 21.7 Å². The molecule has 0 fully saturated rings. The zero-order chi connectivity index (χ0) is 24.2. The largest absolute Gasteiger partial charge is 0.0892 e. The van der Waals surface area contributed by atoms with Gasteiger partial charge in [0.15, 0.2) is 0 Å². The highest BCUT2D eigenvalue weighted by molar-refractivity contribution is 7.48. The minimum absolute atomic E-state index is 0.363. The van der Waals surface area contributed by atoms with Crippen molar-refractivity contribution < 1.29 is 0 Å². The first-order chi connectivity index (χ1) is 14.6. The molecule has 0 radical (unpaired) electrons. The van der Waals surface area contributed by atoms with Crippen molar-refractivity contribution in [2.45, 2.75) is 82.1 Å². The summed E-state index contributed by atoms with van der Waals surface area (Å²) in [6, 6.07) is 18.3. The molecule has 2 rings (SSSR count). The van der Waals surface area contributed by atoms with E-state index in [0.29, 0.717) is 21.7 Å². The first-order valence-electron chi connectivity index (χ1n) is 12.2. The van der Waals surface area contributed by atoms with Crippen LogP contribution in [0.25, 0.3) is 11.1 Å². The topological polar surface area (TPSA) is 0 Å². The zero-order valence-electron chi connectivity index (χ0n) is 22.4. The molecule has 0 saturated carbocycles. The molecule has 32 heavy (non-hydrogen) atoms. The smallest absolute Gasteiger partial charge is 0.0103 e. The fraction of sp³-hybridized carbons (Fsp3) is 0.600. The van der Waals surface area contributed by atoms with Gasteiger partial charge in [-0.2, -0.15) is 0 Å². The third-order valence-electron chi connectivity index (χ3n) is 5.68. The van der Waals surface area contributed by atoms with Crippen LogP contribution < -0.4 is 10.6 Å². The van der Waals surface area contributed by atoms with Gasteiger partial charge < -0.3 is 0 Å². The predicted octanol–water partition coefficient (Wildman–Crippen LogP) is 8.89. The van der Waals surface area contributed by atoms with Crippen LogP contribution in [0.5, 0.6) is 0 Å². The maximum atomic E-state index is 2.44. The molecule has 0 heterocycles. The summed E-state index contributed by atoms with van der Waals surface area (Å²) in [6.45, 7) is 24.0. The molecule has 0 aliphatic heterocycles. The Morgan fingerprint density at radius 1 is 0.500 bits per heavy atom. The van der Waals surface area contributed by atoms with E-state index in [0.717, 1.165) is 17.2 Å². The minimum Gasteiger partial charge on any atom is -0.0892 e. The summed E-state index contributed by atoms with van der Waals surface area (Å²) in [5, 5.41) is 3.06. The van der Waals surface area contributed by atoms with Crippen LogP contribution in [0.1, 0.15) is 82.1 Å².